The zero-order valence-electron chi connectivity index (χ0n) is 19.2. The van der Waals surface area contributed by atoms with E-state index in [1.165, 1.54) is 0 Å². The molecule has 1 aromatic heterocycles. The molecule has 0 amide bonds. The Kier molecular flexibility index (Phi) is 8.98. The van der Waals surface area contributed by atoms with Crippen LogP contribution in [0.25, 0.3) is 10.8 Å². The van der Waals surface area contributed by atoms with E-state index in [0.29, 0.717) is 11.6 Å². The first kappa shape index (κ1) is 26.9. The second kappa shape index (κ2) is 11.4. The molecule has 1 saturated heterocycles. The predicted molar refractivity (Wildman–Crippen MR) is 141 cm³/mol. The van der Waals surface area contributed by atoms with Crippen LogP contribution in [-0.4, -0.2) is 49.1 Å². The lowest BCUT2D eigenvalue weighted by atomic mass is 9.97. The highest BCUT2D eigenvalue weighted by molar-refractivity contribution is 7.91. The third-order valence-electron chi connectivity index (χ3n) is 6.31. The molecule has 2 aromatic carbocycles. The summed E-state index contributed by atoms with van der Waals surface area (Å²) in [6, 6.07) is 10.1. The Balaban J connectivity index is 0.00000324. The van der Waals surface area contributed by atoms with Crippen LogP contribution in [0.4, 0.5) is 0 Å². The molecule has 1 aliphatic heterocycles. The Morgan fingerprint density at radius 1 is 1.18 bits per heavy atom. The summed E-state index contributed by atoms with van der Waals surface area (Å²) < 4.78 is 28.0. The summed E-state index contributed by atoms with van der Waals surface area (Å²) in [6.07, 6.45) is 2.82. The fourth-order valence-corrected chi connectivity index (χ4v) is 6.73. The first-order valence-corrected chi connectivity index (χ1v) is 13.9. The summed E-state index contributed by atoms with van der Waals surface area (Å²) in [5.41, 5.74) is 1.11. The summed E-state index contributed by atoms with van der Waals surface area (Å²) >= 11 is 7.61. The molecule has 1 atom stereocenters. The van der Waals surface area contributed by atoms with Crippen molar-refractivity contribution < 1.29 is 13.2 Å². The van der Waals surface area contributed by atoms with Gasteiger partial charge in [-0.25, -0.2) is 8.42 Å². The molecule has 0 radical (unpaired) electrons. The number of likely N-dealkylation sites (tertiary alicyclic amines) is 1. The van der Waals surface area contributed by atoms with Crippen LogP contribution < -0.4 is 4.80 Å². The van der Waals surface area contributed by atoms with Crippen molar-refractivity contribution in [2.24, 2.45) is 12.0 Å². The number of piperidine rings is 1. The molecule has 10 heteroatoms. The number of ketones is 1. The van der Waals surface area contributed by atoms with E-state index in [-0.39, 0.29) is 41.3 Å². The van der Waals surface area contributed by atoms with Crippen LogP contribution in [0.1, 0.15) is 31.4 Å². The Hall–Kier alpha value is -1.71. The van der Waals surface area contributed by atoms with Crippen LogP contribution in [0, 0.1) is 0 Å². The van der Waals surface area contributed by atoms with E-state index < -0.39 is 9.84 Å². The minimum Gasteiger partial charge on any atom is -0.323 e. The summed E-state index contributed by atoms with van der Waals surface area (Å²) in [7, 11) is 0.191. The van der Waals surface area contributed by atoms with Gasteiger partial charge in [-0.3, -0.25) is 14.7 Å². The highest BCUT2D eigenvalue weighted by atomic mass is 35.5. The number of nitrogens with zero attached hydrogens (tertiary/aromatic N) is 3. The lowest BCUT2D eigenvalue weighted by Crippen LogP contribution is -2.45. The van der Waals surface area contributed by atoms with Crippen molar-refractivity contribution in [1.29, 1.82) is 0 Å². The SMILES string of the molecule is CN=c1scc(CN2CCCCC2C(=O)CCS(=O)(=O)c2ccc3cc(Cl)ccc3c2)n1C.Cl. The van der Waals surface area contributed by atoms with E-state index in [1.54, 1.807) is 48.7 Å². The predicted octanol–water partition coefficient (Wildman–Crippen LogP) is 4.63. The Morgan fingerprint density at radius 3 is 2.65 bits per heavy atom. The third kappa shape index (κ3) is 5.91. The third-order valence-corrected chi connectivity index (χ3v) is 9.32. The van der Waals surface area contributed by atoms with Crippen LogP contribution >= 0.6 is 35.3 Å². The monoisotopic (exact) mass is 541 g/mol. The first-order chi connectivity index (χ1) is 15.8. The van der Waals surface area contributed by atoms with Crippen molar-refractivity contribution in [2.45, 2.75) is 43.2 Å². The van der Waals surface area contributed by atoms with Crippen LogP contribution in [0.15, 0.2) is 51.7 Å². The molecule has 0 spiro atoms. The number of thiazole rings is 1. The quantitative estimate of drug-likeness (QED) is 0.437. The van der Waals surface area contributed by atoms with Gasteiger partial charge in [0.25, 0.3) is 0 Å². The van der Waals surface area contributed by atoms with Crippen molar-refractivity contribution in [3.8, 4) is 0 Å². The summed E-state index contributed by atoms with van der Waals surface area (Å²) in [6.45, 7) is 1.50. The number of benzene rings is 2. The average molecular weight is 543 g/mol. The highest BCUT2D eigenvalue weighted by Crippen LogP contribution is 2.25. The fraction of sp³-hybridized carbons (Fsp3) is 0.417. The summed E-state index contributed by atoms with van der Waals surface area (Å²) in [4.78, 5) is 20.8. The molecule has 0 aliphatic carbocycles. The minimum absolute atomic E-state index is 0. The van der Waals surface area contributed by atoms with Gasteiger partial charge >= 0.3 is 0 Å². The van der Waals surface area contributed by atoms with Gasteiger partial charge in [0.1, 0.15) is 0 Å². The molecule has 1 fully saturated rings. The number of Topliss-reactive ketones (excluding diaryl/α,β-unsaturated/α-hetero) is 1. The molecular formula is C24H29Cl2N3O3S2. The van der Waals surface area contributed by atoms with Gasteiger partial charge in [0, 0.05) is 43.2 Å². The first-order valence-electron chi connectivity index (χ1n) is 11.0. The maximum Gasteiger partial charge on any atom is 0.184 e. The Labute approximate surface area is 215 Å². The maximum absolute atomic E-state index is 13.1. The van der Waals surface area contributed by atoms with Crippen molar-refractivity contribution in [3.63, 3.8) is 0 Å². The molecule has 6 nitrogen and oxygen atoms in total. The fourth-order valence-electron chi connectivity index (χ4n) is 4.41. The number of aromatic nitrogens is 1. The van der Waals surface area contributed by atoms with Gasteiger partial charge in [0.05, 0.1) is 16.7 Å². The number of rotatable bonds is 7. The molecule has 0 N–H and O–H groups in total. The zero-order chi connectivity index (χ0) is 23.6. The number of sulfone groups is 1. The average Bonchev–Trinajstić information content (AvgIpc) is 3.16. The second-order valence-corrected chi connectivity index (χ2v) is 11.8. The minimum atomic E-state index is -3.57. The van der Waals surface area contributed by atoms with E-state index in [4.69, 9.17) is 11.6 Å². The smallest absolute Gasteiger partial charge is 0.184 e. The molecule has 3 aromatic rings. The standard InChI is InChI=1S/C24H28ClN3O3S2.ClH/c1-26-24-27(2)20(16-32-24)15-28-11-4-3-5-22(28)23(29)10-12-33(30,31)21-9-7-17-13-19(25)8-6-18(17)14-21;/h6-9,13-14,16,22H,3-5,10-12,15H2,1-2H3;1H. The normalized spacial score (nSPS) is 17.6. The van der Waals surface area contributed by atoms with Gasteiger partial charge in [0.2, 0.25) is 0 Å². The lowest BCUT2D eigenvalue weighted by Gasteiger charge is -2.34. The summed E-state index contributed by atoms with van der Waals surface area (Å²) in [5, 5.41) is 4.38. The maximum atomic E-state index is 13.1. The molecule has 1 aliphatic rings. The van der Waals surface area contributed by atoms with Gasteiger partial charge in [-0.2, -0.15) is 0 Å². The molecule has 1 unspecified atom stereocenters. The van der Waals surface area contributed by atoms with E-state index in [2.05, 4.69) is 19.8 Å². The van der Waals surface area contributed by atoms with Crippen LogP contribution in [-0.2, 0) is 28.2 Å². The van der Waals surface area contributed by atoms with E-state index >= 15 is 0 Å². The molecule has 2 heterocycles. The van der Waals surface area contributed by atoms with Crippen LogP contribution in [0.5, 0.6) is 0 Å². The van der Waals surface area contributed by atoms with Crippen molar-refractivity contribution in [3.05, 3.63) is 57.3 Å². The van der Waals surface area contributed by atoms with Crippen LogP contribution in [0.2, 0.25) is 5.02 Å². The molecule has 0 saturated carbocycles. The summed E-state index contributed by atoms with van der Waals surface area (Å²) in [5.74, 6) is -0.176. The number of hydrogen-bond acceptors (Lipinski definition) is 6. The number of fused-ring (bicyclic) bond motifs is 1. The van der Waals surface area contributed by atoms with Gasteiger partial charge in [-0.1, -0.05) is 30.2 Å². The lowest BCUT2D eigenvalue weighted by molar-refractivity contribution is -0.125. The van der Waals surface area contributed by atoms with Crippen molar-refractivity contribution in [1.82, 2.24) is 9.47 Å². The number of carbonyl (C=O) groups excluding carboxylic acids is 1. The van der Waals surface area contributed by atoms with E-state index in [1.807, 2.05) is 13.1 Å². The van der Waals surface area contributed by atoms with E-state index in [0.717, 1.165) is 47.1 Å². The van der Waals surface area contributed by atoms with Crippen molar-refractivity contribution >= 4 is 61.7 Å². The molecular weight excluding hydrogens is 513 g/mol. The number of carbonyl (C=O) groups is 1. The number of hydrogen-bond donors (Lipinski definition) is 0. The molecule has 34 heavy (non-hydrogen) atoms. The number of halogens is 2. The Bertz CT molecular complexity index is 1350. The van der Waals surface area contributed by atoms with Gasteiger partial charge in [-0.15, -0.1) is 23.7 Å². The van der Waals surface area contributed by atoms with Gasteiger partial charge in [0.15, 0.2) is 20.4 Å². The zero-order valence-corrected chi connectivity index (χ0v) is 22.4. The molecule has 4 rings (SSSR count). The Morgan fingerprint density at radius 2 is 1.91 bits per heavy atom. The van der Waals surface area contributed by atoms with Gasteiger partial charge in [-0.05, 0) is 54.4 Å². The molecule has 184 valence electrons. The molecule has 0 bridgehead atoms. The topological polar surface area (TPSA) is 71.7 Å². The highest BCUT2D eigenvalue weighted by Gasteiger charge is 2.30. The largest absolute Gasteiger partial charge is 0.323 e. The van der Waals surface area contributed by atoms with E-state index in [9.17, 15) is 13.2 Å². The van der Waals surface area contributed by atoms with Crippen molar-refractivity contribution in [2.75, 3.05) is 19.3 Å². The van der Waals surface area contributed by atoms with Crippen LogP contribution in [0.3, 0.4) is 0 Å². The van der Waals surface area contributed by atoms with Gasteiger partial charge < -0.3 is 4.57 Å². The second-order valence-electron chi connectivity index (χ2n) is 8.46.